The van der Waals surface area contributed by atoms with Crippen molar-refractivity contribution < 1.29 is 24.2 Å². The lowest BCUT2D eigenvalue weighted by Gasteiger charge is -2.59. The van der Waals surface area contributed by atoms with Crippen LogP contribution in [0.2, 0.25) is 0 Å². The van der Waals surface area contributed by atoms with Crippen molar-refractivity contribution >= 4 is 17.8 Å². The molecule has 0 radical (unpaired) electrons. The van der Waals surface area contributed by atoms with Crippen LogP contribution in [0.1, 0.15) is 92.9 Å². The van der Waals surface area contributed by atoms with Gasteiger partial charge in [-0.15, -0.1) is 0 Å². The number of carboxylic acids is 1. The molecule has 5 rings (SSSR count). The average molecular weight is 601 g/mol. The highest BCUT2D eigenvalue weighted by Crippen LogP contribution is 2.68. The Kier molecular flexibility index (Phi) is 8.39. The van der Waals surface area contributed by atoms with Crippen molar-refractivity contribution in [3.05, 3.63) is 11.6 Å². The van der Waals surface area contributed by atoms with Gasteiger partial charge in [0.05, 0.1) is 12.6 Å². The van der Waals surface area contributed by atoms with E-state index in [1.807, 2.05) is 0 Å². The summed E-state index contributed by atoms with van der Waals surface area (Å²) in [6.07, 6.45) is 11.4. The number of aliphatic carboxylic acids is 1. The number of carboxylic acid groups (broad SMARTS) is 1. The van der Waals surface area contributed by atoms with Gasteiger partial charge in [-0.25, -0.2) is 9.59 Å². The van der Waals surface area contributed by atoms with Crippen LogP contribution in [-0.4, -0.2) is 89.2 Å². The van der Waals surface area contributed by atoms with Crippen LogP contribution in [0.4, 0.5) is 0 Å². The largest absolute Gasteiger partial charge is 0.479 e. The molecule has 10 atom stereocenters. The maximum Gasteiger partial charge on any atom is 0.340 e. The van der Waals surface area contributed by atoms with Crippen LogP contribution in [0.5, 0.6) is 0 Å². The Morgan fingerprint density at radius 3 is 2.47 bits per heavy atom. The Morgan fingerprint density at radius 1 is 1.16 bits per heavy atom. The summed E-state index contributed by atoms with van der Waals surface area (Å²) in [6.45, 7) is 12.4. The summed E-state index contributed by atoms with van der Waals surface area (Å²) in [5.41, 5.74) is 4.78. The Bertz CT molecular complexity index is 1160. The second-order valence-corrected chi connectivity index (χ2v) is 16.1. The van der Waals surface area contributed by atoms with E-state index in [1.165, 1.54) is 44.7 Å². The zero-order valence-corrected chi connectivity index (χ0v) is 27.7. The lowest BCUT2D eigenvalue weighted by atomic mass is 9.47. The van der Waals surface area contributed by atoms with Gasteiger partial charge in [-0.3, -0.25) is 9.69 Å². The second kappa shape index (κ2) is 11.1. The topological polar surface area (TPSA) is 125 Å². The number of nitrogens with zero attached hydrogens (tertiary/aromatic N) is 2. The van der Waals surface area contributed by atoms with E-state index in [9.17, 15) is 19.5 Å². The number of fused-ring (bicyclic) bond motifs is 4. The molecular formula is C34H56N4O5. The van der Waals surface area contributed by atoms with E-state index in [-0.39, 0.29) is 11.5 Å². The zero-order valence-electron chi connectivity index (χ0n) is 27.7. The first-order valence-electron chi connectivity index (χ1n) is 16.6. The molecule has 0 bridgehead atoms. The predicted octanol–water partition coefficient (Wildman–Crippen LogP) is 3.81. The molecule has 1 amide bonds. The summed E-state index contributed by atoms with van der Waals surface area (Å²) >= 11 is 0. The molecule has 43 heavy (non-hydrogen) atoms. The van der Waals surface area contributed by atoms with Gasteiger partial charge in [-0.1, -0.05) is 18.6 Å². The normalized spacial score (nSPS) is 39.4. The maximum absolute atomic E-state index is 13.7. The van der Waals surface area contributed by atoms with Crippen molar-refractivity contribution in [3.8, 4) is 0 Å². The van der Waals surface area contributed by atoms with E-state index in [2.05, 4.69) is 37.2 Å². The molecule has 0 aromatic rings. The van der Waals surface area contributed by atoms with Crippen LogP contribution in [0.15, 0.2) is 11.6 Å². The molecule has 4 fully saturated rings. The summed E-state index contributed by atoms with van der Waals surface area (Å²) in [4.78, 5) is 43.5. The lowest BCUT2D eigenvalue weighted by Crippen LogP contribution is -2.69. The second-order valence-electron chi connectivity index (χ2n) is 16.1. The quantitative estimate of drug-likeness (QED) is 0.229. The first-order valence-corrected chi connectivity index (χ1v) is 16.6. The molecule has 1 heterocycles. The number of carbonyl (C=O) groups excluding carboxylic acids is 2. The van der Waals surface area contributed by atoms with Crippen LogP contribution in [0, 0.1) is 34.5 Å². The van der Waals surface area contributed by atoms with Crippen molar-refractivity contribution in [1.82, 2.24) is 15.1 Å². The lowest BCUT2D eigenvalue weighted by molar-refractivity contribution is -0.181. The van der Waals surface area contributed by atoms with Crippen LogP contribution < -0.4 is 11.1 Å². The number of carbonyl (C=O) groups is 3. The van der Waals surface area contributed by atoms with Gasteiger partial charge in [0, 0.05) is 18.6 Å². The number of allylic oxidation sites excluding steroid dienone is 1. The molecule has 0 aromatic heterocycles. The number of likely N-dealkylation sites (tertiary alicyclic amines) is 1. The van der Waals surface area contributed by atoms with Crippen molar-refractivity contribution in [1.29, 1.82) is 0 Å². The Hall–Kier alpha value is -1.97. The number of ether oxygens (including phenoxy) is 1. The fourth-order valence-corrected chi connectivity index (χ4v) is 10.5. The third kappa shape index (κ3) is 5.15. The monoisotopic (exact) mass is 600 g/mol. The summed E-state index contributed by atoms with van der Waals surface area (Å²) in [5, 5.41) is 13.3. The van der Waals surface area contributed by atoms with Gasteiger partial charge in [-0.2, -0.15) is 0 Å². The van der Waals surface area contributed by atoms with Crippen LogP contribution in [-0.2, 0) is 19.1 Å². The van der Waals surface area contributed by atoms with E-state index < -0.39 is 41.6 Å². The third-order valence-corrected chi connectivity index (χ3v) is 12.9. The number of hydrogen-bond donors (Lipinski definition) is 3. The van der Waals surface area contributed by atoms with Gasteiger partial charge in [0.2, 0.25) is 11.4 Å². The molecule has 1 saturated heterocycles. The molecule has 4 N–H and O–H groups in total. The Morgan fingerprint density at radius 2 is 1.84 bits per heavy atom. The van der Waals surface area contributed by atoms with E-state index in [1.54, 1.807) is 32.7 Å². The number of nitrogens with two attached hydrogens (primary N) is 1. The van der Waals surface area contributed by atoms with E-state index in [0.29, 0.717) is 29.7 Å². The number of nitrogens with one attached hydrogen (secondary N) is 1. The average Bonchev–Trinajstić information content (AvgIpc) is 3.40. The van der Waals surface area contributed by atoms with Gasteiger partial charge in [0.15, 0.2) is 0 Å². The van der Waals surface area contributed by atoms with Gasteiger partial charge in [0.25, 0.3) is 0 Å². The van der Waals surface area contributed by atoms with Gasteiger partial charge < -0.3 is 25.8 Å². The number of hydrogen-bond acceptors (Lipinski definition) is 7. The molecule has 1 aliphatic heterocycles. The highest BCUT2D eigenvalue weighted by molar-refractivity contribution is 6.05. The van der Waals surface area contributed by atoms with Gasteiger partial charge >= 0.3 is 11.9 Å². The Labute approximate surface area is 258 Å². The number of esters is 1. The van der Waals surface area contributed by atoms with Crippen molar-refractivity contribution in [2.24, 2.45) is 40.2 Å². The first kappa shape index (κ1) is 32.4. The standard InChI is InChI=1S/C34H56N4O5/c1-20(35)28(39)36-18-34(29(40)41,30(42)43-31(3,4)5)38(8)23-13-15-32(6)22(17-23)9-10-24-26(32)14-16-33-19-37(7)21(2)25(33)11-12-27(24)33/h9,20-21,23-27H,10-19,35H2,1-8H3,(H,36,39)(H,40,41)/t20?,21?,23?,24?,25?,26?,27?,32?,33?,34-/m1/s1. The van der Waals surface area contributed by atoms with Crippen LogP contribution >= 0.6 is 0 Å². The molecule has 9 heteroatoms. The number of likely N-dealkylation sites (N-methyl/N-ethyl adjacent to an activating group) is 1. The minimum atomic E-state index is -2.07. The summed E-state index contributed by atoms with van der Waals surface area (Å²) in [6, 6.07) is -0.333. The summed E-state index contributed by atoms with van der Waals surface area (Å²) in [5.74, 6) is 0.278. The molecule has 9 nitrogen and oxygen atoms in total. The molecule has 242 valence electrons. The highest BCUT2D eigenvalue weighted by Gasteiger charge is 2.64. The van der Waals surface area contributed by atoms with E-state index >= 15 is 0 Å². The molecule has 3 saturated carbocycles. The molecule has 5 aliphatic rings. The van der Waals surface area contributed by atoms with Crippen molar-refractivity contribution in [3.63, 3.8) is 0 Å². The van der Waals surface area contributed by atoms with E-state index in [0.717, 1.165) is 31.1 Å². The summed E-state index contributed by atoms with van der Waals surface area (Å²) in [7, 11) is 4.02. The van der Waals surface area contributed by atoms with Crippen LogP contribution in [0.25, 0.3) is 0 Å². The molecule has 9 unspecified atom stereocenters. The minimum absolute atomic E-state index is 0.0943. The van der Waals surface area contributed by atoms with E-state index in [4.69, 9.17) is 10.5 Å². The van der Waals surface area contributed by atoms with Crippen molar-refractivity contribution in [2.75, 3.05) is 27.2 Å². The SMILES string of the molecule is CC(N)C(=O)NC[C@@](C(=O)O)(C(=O)OC(C)(C)C)N(C)C1CCC2(C)C(=CCC3C2CCC24CN(C)C(C)C2CCC34)C1. The maximum atomic E-state index is 13.7. The summed E-state index contributed by atoms with van der Waals surface area (Å²) < 4.78 is 5.69. The van der Waals surface area contributed by atoms with Gasteiger partial charge in [0.1, 0.15) is 5.60 Å². The number of amides is 1. The predicted molar refractivity (Wildman–Crippen MR) is 166 cm³/mol. The zero-order chi connectivity index (χ0) is 31.7. The van der Waals surface area contributed by atoms with Crippen molar-refractivity contribution in [2.45, 2.75) is 122 Å². The molecule has 1 spiro atoms. The van der Waals surface area contributed by atoms with Gasteiger partial charge in [-0.05, 0) is 135 Å². The highest BCUT2D eigenvalue weighted by atomic mass is 16.6. The smallest absolute Gasteiger partial charge is 0.340 e. The molecule has 4 aliphatic carbocycles. The Balaban J connectivity index is 1.40. The third-order valence-electron chi connectivity index (χ3n) is 12.9. The molecular weight excluding hydrogens is 544 g/mol. The van der Waals surface area contributed by atoms with Crippen LogP contribution in [0.3, 0.4) is 0 Å². The number of rotatable bonds is 7. The molecule has 0 aromatic carbocycles. The minimum Gasteiger partial charge on any atom is -0.479 e. The fourth-order valence-electron chi connectivity index (χ4n) is 10.5. The fraction of sp³-hybridized carbons (Fsp3) is 0.853. The first-order chi connectivity index (χ1) is 20.0.